The molecule has 16 aromatic rings. The molecule has 0 bridgehead atoms. The van der Waals surface area contributed by atoms with Crippen molar-refractivity contribution in [1.29, 1.82) is 0 Å². The third-order valence-corrected chi connectivity index (χ3v) is 21.6. The van der Waals surface area contributed by atoms with Gasteiger partial charge in [0.25, 0.3) is 44.5 Å². The Hall–Kier alpha value is -10.1. The van der Waals surface area contributed by atoms with Crippen LogP contribution in [-0.4, -0.2) is 50.8 Å². The summed E-state index contributed by atoms with van der Waals surface area (Å²) in [6.07, 6.45) is 1.92. The zero-order valence-corrected chi connectivity index (χ0v) is 56.3. The highest BCUT2D eigenvalue weighted by Gasteiger charge is 2.38. The summed E-state index contributed by atoms with van der Waals surface area (Å²) < 4.78 is 20.6. The van der Waals surface area contributed by atoms with Crippen LogP contribution in [0.4, 0.5) is 9.59 Å². The Bertz CT molecular complexity index is 6190. The fourth-order valence-electron chi connectivity index (χ4n) is 17.5. The van der Waals surface area contributed by atoms with Crippen LogP contribution in [-0.2, 0) is 9.47 Å². The summed E-state index contributed by atoms with van der Waals surface area (Å²) in [6, 6.07) is 15.1. The van der Waals surface area contributed by atoms with E-state index in [1.165, 1.54) is 27.4 Å². The van der Waals surface area contributed by atoms with E-state index >= 15 is 47.9 Å². The minimum Gasteiger partial charge on any atom is -0.443 e. The number of aromatic nitrogens is 6. The number of hydrogen-bond acceptors (Lipinski definition) is 12. The van der Waals surface area contributed by atoms with E-state index in [1.807, 2.05) is 67.5 Å². The number of benzene rings is 10. The SMILES string of the molecule is CCC(CC)n1c(=O)c2ccc3c4c(-c5cc6c(=O)n(C(CC)CC)c(=O)c7cc8c9c(c5c5ccc%10c(=O)n(C(CC)CC)c(=O)c%11cc(c9c5c%10%11)n8C(=O)OC(C)(C)C)c67)cc5c(=O)n(C(CC)CC)c(=O)c6cc7c(c4c56)c4c3c2c(cc4n7C(=O)OC(C)(C)C)c1=O. The molecule has 0 atom stereocenters. The summed E-state index contributed by atoms with van der Waals surface area (Å²) in [5, 5.41) is 8.24. The maximum atomic E-state index is 16.2. The lowest BCUT2D eigenvalue weighted by Crippen LogP contribution is -2.36. The largest absolute Gasteiger partial charge is 0.443 e. The highest BCUT2D eigenvalue weighted by molar-refractivity contribution is 6.51. The molecule has 0 aliphatic rings. The molecule has 0 saturated carbocycles. The molecule has 18 nitrogen and oxygen atoms in total. The maximum absolute atomic E-state index is 16.2. The smallest absolute Gasteiger partial charge is 0.419 e. The normalized spacial score (nSPS) is 13.4. The Morgan fingerprint density at radius 2 is 0.510 bits per heavy atom. The minimum atomic E-state index is -1.05. The van der Waals surface area contributed by atoms with E-state index < -0.39 is 92.0 Å². The molecule has 0 aliphatic carbocycles. The first-order chi connectivity index (χ1) is 45.8. The van der Waals surface area contributed by atoms with Crippen molar-refractivity contribution in [3.63, 3.8) is 0 Å². The van der Waals surface area contributed by atoms with Gasteiger partial charge >= 0.3 is 12.2 Å². The first-order valence-corrected chi connectivity index (χ1v) is 34.0. The number of carbonyl (C=O) groups excluding carboxylic acids is 2. The summed E-state index contributed by atoms with van der Waals surface area (Å²) in [5.74, 6) is 0. The van der Waals surface area contributed by atoms with E-state index in [-0.39, 0.29) is 65.2 Å². The first-order valence-electron chi connectivity index (χ1n) is 34.0. The fourth-order valence-corrected chi connectivity index (χ4v) is 17.5. The van der Waals surface area contributed by atoms with Gasteiger partial charge < -0.3 is 9.47 Å². The van der Waals surface area contributed by atoms with Gasteiger partial charge in [-0.15, -0.1) is 0 Å². The second-order valence-electron chi connectivity index (χ2n) is 28.7. The third kappa shape index (κ3) is 7.47. The molecule has 0 unspecified atom stereocenters. The lowest BCUT2D eigenvalue weighted by atomic mass is 9.79. The molecule has 0 saturated heterocycles. The van der Waals surface area contributed by atoms with Crippen LogP contribution in [0.5, 0.6) is 0 Å². The quantitative estimate of drug-likeness (QED) is 0.0777. The molecule has 18 heteroatoms. The van der Waals surface area contributed by atoms with Gasteiger partial charge in [0.2, 0.25) is 0 Å². The van der Waals surface area contributed by atoms with Crippen molar-refractivity contribution >= 4 is 164 Å². The zero-order valence-electron chi connectivity index (χ0n) is 56.3. The molecule has 0 radical (unpaired) electrons. The molecule has 6 aromatic heterocycles. The van der Waals surface area contributed by atoms with Crippen LogP contribution in [0.3, 0.4) is 0 Å². The summed E-state index contributed by atoms with van der Waals surface area (Å²) in [5.41, 5.74) is -4.71. The van der Waals surface area contributed by atoms with Crippen LogP contribution in [0.25, 0.3) is 162 Å². The second-order valence-corrected chi connectivity index (χ2v) is 28.7. The van der Waals surface area contributed by atoms with Gasteiger partial charge in [0.15, 0.2) is 0 Å². The minimum absolute atomic E-state index is 0.137. The van der Waals surface area contributed by atoms with Gasteiger partial charge in [-0.05, 0) is 174 Å². The van der Waals surface area contributed by atoms with Crippen LogP contribution in [0.2, 0.25) is 0 Å². The van der Waals surface area contributed by atoms with Gasteiger partial charge in [0, 0.05) is 110 Å². The number of carbonyl (C=O) groups is 2. The van der Waals surface area contributed by atoms with Crippen LogP contribution in [0, 0.1) is 0 Å². The van der Waals surface area contributed by atoms with E-state index in [0.717, 1.165) is 0 Å². The van der Waals surface area contributed by atoms with E-state index in [0.29, 0.717) is 149 Å². The van der Waals surface area contributed by atoms with Crippen molar-refractivity contribution in [3.05, 3.63) is 143 Å². The first kappa shape index (κ1) is 60.8. The number of fused-ring (bicyclic) bond motifs is 2. The van der Waals surface area contributed by atoms with Crippen molar-refractivity contribution < 1.29 is 19.1 Å². The number of rotatable bonds is 13. The summed E-state index contributed by atoms with van der Waals surface area (Å²) in [7, 11) is 0. The van der Waals surface area contributed by atoms with Gasteiger partial charge in [0.1, 0.15) is 11.2 Å². The van der Waals surface area contributed by atoms with E-state index in [9.17, 15) is 0 Å². The topological polar surface area (TPSA) is 219 Å². The van der Waals surface area contributed by atoms with Crippen LogP contribution >= 0.6 is 0 Å². The van der Waals surface area contributed by atoms with Crippen molar-refractivity contribution in [2.24, 2.45) is 0 Å². The van der Waals surface area contributed by atoms with Gasteiger partial charge in [-0.3, -0.25) is 56.6 Å². The predicted molar refractivity (Wildman–Crippen MR) is 386 cm³/mol. The van der Waals surface area contributed by atoms with Crippen molar-refractivity contribution in [2.45, 2.75) is 184 Å². The lowest BCUT2D eigenvalue weighted by Gasteiger charge is -2.24. The molecule has 0 spiro atoms. The summed E-state index contributed by atoms with van der Waals surface area (Å²) in [4.78, 5) is 156. The van der Waals surface area contributed by atoms with Crippen LogP contribution in [0.1, 0.15) is 172 Å². The summed E-state index contributed by atoms with van der Waals surface area (Å²) >= 11 is 0. The molecule has 6 heterocycles. The van der Waals surface area contributed by atoms with Gasteiger partial charge in [0.05, 0.1) is 43.6 Å². The molecule has 96 heavy (non-hydrogen) atoms. The summed E-state index contributed by atoms with van der Waals surface area (Å²) in [6.45, 7) is 25.8. The second kappa shape index (κ2) is 20.2. The molecular formula is C78H72N6O12. The lowest BCUT2D eigenvalue weighted by molar-refractivity contribution is 0.0540. The molecule has 10 aromatic carbocycles. The van der Waals surface area contributed by atoms with Crippen molar-refractivity contribution in [1.82, 2.24) is 27.4 Å². The highest BCUT2D eigenvalue weighted by Crippen LogP contribution is 2.56. The van der Waals surface area contributed by atoms with Crippen LogP contribution < -0.4 is 44.5 Å². The highest BCUT2D eigenvalue weighted by atomic mass is 16.6. The van der Waals surface area contributed by atoms with Gasteiger partial charge in [-0.25, -0.2) is 18.7 Å². The van der Waals surface area contributed by atoms with E-state index in [2.05, 4.69) is 0 Å². The zero-order chi connectivity index (χ0) is 68.0. The Morgan fingerprint density at radius 1 is 0.292 bits per heavy atom. The molecule has 16 rings (SSSR count). The van der Waals surface area contributed by atoms with E-state index in [4.69, 9.17) is 9.47 Å². The van der Waals surface area contributed by atoms with Crippen molar-refractivity contribution in [2.75, 3.05) is 0 Å². The molecular weight excluding hydrogens is 1210 g/mol. The average Bonchev–Trinajstić information content (AvgIpc) is 1.38. The van der Waals surface area contributed by atoms with Gasteiger partial charge in [-0.2, -0.15) is 0 Å². The Labute approximate surface area is 545 Å². The number of pyridine rings is 4. The maximum Gasteiger partial charge on any atom is 0.419 e. The average molecular weight is 1290 g/mol. The molecule has 0 N–H and O–H groups in total. The Morgan fingerprint density at radius 3 is 0.760 bits per heavy atom. The molecule has 0 fully saturated rings. The fraction of sp³-hybridized carbons (Fsp3) is 0.359. The van der Waals surface area contributed by atoms with Gasteiger partial charge in [-0.1, -0.05) is 67.5 Å². The van der Waals surface area contributed by atoms with Crippen molar-refractivity contribution in [3.8, 4) is 11.1 Å². The third-order valence-electron chi connectivity index (χ3n) is 21.6. The monoisotopic (exact) mass is 1280 g/mol. The Balaban J connectivity index is 1.25. The standard InChI is InChI=1S/C78H72N6O12/c1-15-33(16-2)79-67(85)39-25-23-37-53-41(27-43-57-47(73(91)81(69(43)87)35(19-5)20-6)31-51-63(65(53)57)61-49(83(51)75(93)95-77(9,10)11)29-45(71(79)89)55(39)59(37)61)42-28-44-58-48(74(92)82(70(44)88)36(21-7)22-8)32-52-64-62-50(84(52)76(94)96-78(12,13)14)30-46-56-40(26-24-38(60(56)62)54(42)66(58)64)68(86)80(72(46)90)34(17-3)18-4/h23-36H,15-22H2,1-14H3. The number of nitrogens with zero attached hydrogens (tertiary/aromatic N) is 6. The number of ether oxygens (including phenoxy) is 2. The number of hydrogen-bond donors (Lipinski definition) is 0. The van der Waals surface area contributed by atoms with Crippen LogP contribution in [0.15, 0.2) is 99.0 Å². The molecule has 486 valence electrons. The predicted octanol–water partition coefficient (Wildman–Crippen LogP) is 15.7. The molecule has 0 amide bonds. The van der Waals surface area contributed by atoms with E-state index in [1.54, 1.807) is 90.1 Å². The Kier molecular flexibility index (Phi) is 12.8. The molecule has 0 aliphatic heterocycles.